The van der Waals surface area contributed by atoms with E-state index in [1.165, 1.54) is 0 Å². The lowest BCUT2D eigenvalue weighted by atomic mass is 9.83. The predicted molar refractivity (Wildman–Crippen MR) is 169 cm³/mol. The van der Waals surface area contributed by atoms with Gasteiger partial charge in [0.1, 0.15) is 5.75 Å². The van der Waals surface area contributed by atoms with Crippen molar-refractivity contribution in [3.63, 3.8) is 0 Å². The fourth-order valence-corrected chi connectivity index (χ4v) is 6.74. The molecule has 2 N–H and O–H groups in total. The van der Waals surface area contributed by atoms with Crippen molar-refractivity contribution in [2.24, 2.45) is 5.92 Å². The number of nitrogens with zero attached hydrogens (tertiary/aromatic N) is 3. The lowest BCUT2D eigenvalue weighted by Gasteiger charge is -2.29. The van der Waals surface area contributed by atoms with Crippen molar-refractivity contribution in [1.29, 1.82) is 0 Å². The Morgan fingerprint density at radius 2 is 1.89 bits per heavy atom. The second-order valence-electron chi connectivity index (χ2n) is 11.5. The highest BCUT2D eigenvalue weighted by atomic mass is 79.9. The first-order chi connectivity index (χ1) is 21.2. The number of carbonyl (C=O) groups excluding carboxylic acids is 3. The fraction of sp³-hybridized carbons (Fsp3) is 0.324. The summed E-state index contributed by atoms with van der Waals surface area (Å²) in [7, 11) is 0. The summed E-state index contributed by atoms with van der Waals surface area (Å²) >= 11 is 3.49. The topological polar surface area (TPSA) is 111 Å². The molecule has 10 heteroatoms. The van der Waals surface area contributed by atoms with Crippen molar-refractivity contribution in [1.82, 2.24) is 4.90 Å². The average molecular weight is 661 g/mol. The summed E-state index contributed by atoms with van der Waals surface area (Å²) in [5, 5.41) is 21.6. The van der Waals surface area contributed by atoms with Crippen LogP contribution in [0.2, 0.25) is 0 Å². The van der Waals surface area contributed by atoms with E-state index in [0.717, 1.165) is 22.9 Å². The minimum atomic E-state index is -1.83. The van der Waals surface area contributed by atoms with E-state index in [4.69, 9.17) is 4.74 Å². The van der Waals surface area contributed by atoms with Gasteiger partial charge >= 0.3 is 0 Å². The molecule has 3 aromatic rings. The maximum absolute atomic E-state index is 14.0. The molecule has 228 valence electrons. The summed E-state index contributed by atoms with van der Waals surface area (Å²) < 4.78 is 6.30. The molecule has 3 aromatic carbocycles. The number of hydrogen-bond donors (Lipinski definition) is 2. The summed E-state index contributed by atoms with van der Waals surface area (Å²) in [6.07, 6.45) is 5.22. The predicted octanol–water partition coefficient (Wildman–Crippen LogP) is 4.81. The van der Waals surface area contributed by atoms with Gasteiger partial charge in [-0.15, -0.1) is 0 Å². The molecule has 0 saturated carbocycles. The van der Waals surface area contributed by atoms with Crippen LogP contribution in [0.5, 0.6) is 5.75 Å². The van der Waals surface area contributed by atoms with Crippen LogP contribution in [-0.2, 0) is 26.5 Å². The molecule has 3 heterocycles. The Morgan fingerprint density at radius 1 is 1.11 bits per heavy atom. The molecule has 0 aromatic heterocycles. The number of aliphatic hydroxyl groups excluding tert-OH is 1. The van der Waals surface area contributed by atoms with Gasteiger partial charge < -0.3 is 24.7 Å². The highest BCUT2D eigenvalue weighted by Crippen LogP contribution is 2.47. The number of para-hydroxylation sites is 2. The molecule has 0 unspecified atom stereocenters. The first-order valence-electron chi connectivity index (χ1n) is 14.8. The molecule has 1 fully saturated rings. The number of likely N-dealkylation sites (tertiary alicyclic amines) is 1. The Hall–Kier alpha value is -3.99. The second kappa shape index (κ2) is 12.2. The summed E-state index contributed by atoms with van der Waals surface area (Å²) in [5.74, 6) is -0.685. The van der Waals surface area contributed by atoms with Gasteiger partial charge in [0.2, 0.25) is 5.91 Å². The molecule has 0 spiro atoms. The molecular formula is C34H34BrN3O6. The minimum absolute atomic E-state index is 0.0474. The van der Waals surface area contributed by atoms with Crippen LogP contribution in [0.4, 0.5) is 17.1 Å². The molecule has 0 radical (unpaired) electrons. The highest BCUT2D eigenvalue weighted by molar-refractivity contribution is 9.10. The number of anilines is 3. The van der Waals surface area contributed by atoms with E-state index >= 15 is 0 Å². The molecule has 3 aliphatic heterocycles. The van der Waals surface area contributed by atoms with Crippen molar-refractivity contribution >= 4 is 50.7 Å². The van der Waals surface area contributed by atoms with Crippen LogP contribution >= 0.6 is 15.9 Å². The van der Waals surface area contributed by atoms with E-state index in [0.29, 0.717) is 34.9 Å². The maximum atomic E-state index is 14.0. The van der Waals surface area contributed by atoms with Crippen molar-refractivity contribution in [2.75, 3.05) is 29.6 Å². The summed E-state index contributed by atoms with van der Waals surface area (Å²) in [5.41, 5.74) is 1.47. The zero-order valence-electron chi connectivity index (χ0n) is 24.4. The quantitative estimate of drug-likeness (QED) is 0.336. The van der Waals surface area contributed by atoms with Gasteiger partial charge in [0.15, 0.2) is 12.2 Å². The number of carbonyl (C=O) groups is 3. The van der Waals surface area contributed by atoms with E-state index in [1.54, 1.807) is 39.8 Å². The Morgan fingerprint density at radius 3 is 2.66 bits per heavy atom. The standard InChI is InChI=1S/C34H34BrN3O6/c1-22(6-4-10-31(40)36-17-5-7-26(36)20-39)34(43)27-18-24(35)13-16-28(27)37(33(34)42)19-23-11-14-25(15-12-23)38-29-8-2-3-9-30(29)44-21-32(38)41/h2-4,6,8-9,11-16,18,22,26,39,43H,5,7,10,17,19-21H2,1H3/b6-4+/t22-,26-,34+/m0/s1. The number of halogens is 1. The van der Waals surface area contributed by atoms with Crippen LogP contribution in [0.1, 0.15) is 37.3 Å². The monoisotopic (exact) mass is 659 g/mol. The van der Waals surface area contributed by atoms with Gasteiger partial charge in [-0.2, -0.15) is 0 Å². The average Bonchev–Trinajstić information content (AvgIpc) is 3.59. The number of fused-ring (bicyclic) bond motifs is 2. The molecule has 44 heavy (non-hydrogen) atoms. The SMILES string of the molecule is C[C@@H](/C=C/CC(=O)N1CCC[C@H]1CO)[C@]1(O)C(=O)N(Cc2ccc(N3C(=O)COc4ccccc43)cc2)c2ccc(Br)cc21. The van der Waals surface area contributed by atoms with E-state index < -0.39 is 17.4 Å². The van der Waals surface area contributed by atoms with E-state index in [1.807, 2.05) is 60.7 Å². The van der Waals surface area contributed by atoms with E-state index in [9.17, 15) is 24.6 Å². The Bertz CT molecular complexity index is 1630. The number of amides is 3. The number of aliphatic hydroxyl groups is 2. The van der Waals surface area contributed by atoms with Crippen LogP contribution in [-0.4, -0.2) is 58.6 Å². The molecule has 3 aliphatic rings. The number of ether oxygens (including phenoxy) is 1. The number of benzene rings is 3. The molecule has 9 nitrogen and oxygen atoms in total. The normalized spacial score (nSPS) is 21.9. The molecule has 6 rings (SSSR count). The minimum Gasteiger partial charge on any atom is -0.482 e. The third-order valence-electron chi connectivity index (χ3n) is 8.76. The number of rotatable bonds is 8. The lowest BCUT2D eigenvalue weighted by Crippen LogP contribution is -2.44. The Labute approximate surface area is 264 Å². The van der Waals surface area contributed by atoms with Crippen molar-refractivity contribution in [2.45, 2.75) is 44.4 Å². The van der Waals surface area contributed by atoms with Crippen LogP contribution in [0.3, 0.4) is 0 Å². The third kappa shape index (κ3) is 5.31. The van der Waals surface area contributed by atoms with E-state index in [-0.39, 0.29) is 44.0 Å². The van der Waals surface area contributed by atoms with Gasteiger partial charge in [-0.05, 0) is 60.9 Å². The van der Waals surface area contributed by atoms with Crippen molar-refractivity contribution in [3.8, 4) is 5.75 Å². The van der Waals surface area contributed by atoms with Gasteiger partial charge in [0, 0.05) is 34.6 Å². The van der Waals surface area contributed by atoms with Crippen LogP contribution in [0.25, 0.3) is 0 Å². The molecule has 3 amide bonds. The molecule has 3 atom stereocenters. The summed E-state index contributed by atoms with van der Waals surface area (Å²) in [6.45, 7) is 2.52. The lowest BCUT2D eigenvalue weighted by molar-refractivity contribution is -0.139. The number of hydrogen-bond acceptors (Lipinski definition) is 6. The maximum Gasteiger partial charge on any atom is 0.269 e. The molecule has 0 bridgehead atoms. The van der Waals surface area contributed by atoms with Crippen LogP contribution < -0.4 is 14.5 Å². The summed E-state index contributed by atoms with van der Waals surface area (Å²) in [6, 6.07) is 20.1. The highest BCUT2D eigenvalue weighted by Gasteiger charge is 2.52. The first-order valence-corrected chi connectivity index (χ1v) is 15.6. The molecular weight excluding hydrogens is 626 g/mol. The van der Waals surface area contributed by atoms with E-state index in [2.05, 4.69) is 15.9 Å². The Balaban J connectivity index is 1.21. The van der Waals surface area contributed by atoms with Gasteiger partial charge in [0.05, 0.1) is 30.6 Å². The smallest absolute Gasteiger partial charge is 0.269 e. The zero-order chi connectivity index (χ0) is 31.0. The van der Waals surface area contributed by atoms with Crippen LogP contribution in [0.15, 0.2) is 83.4 Å². The van der Waals surface area contributed by atoms with Gasteiger partial charge in [-0.1, -0.05) is 59.3 Å². The van der Waals surface area contributed by atoms with Gasteiger partial charge in [-0.25, -0.2) is 0 Å². The Kier molecular flexibility index (Phi) is 8.32. The zero-order valence-corrected chi connectivity index (χ0v) is 25.9. The first kappa shape index (κ1) is 30.1. The van der Waals surface area contributed by atoms with Crippen LogP contribution in [0, 0.1) is 5.92 Å². The largest absolute Gasteiger partial charge is 0.482 e. The second-order valence-corrected chi connectivity index (χ2v) is 12.4. The van der Waals surface area contributed by atoms with Crippen molar-refractivity contribution in [3.05, 3.63) is 94.5 Å². The summed E-state index contributed by atoms with van der Waals surface area (Å²) in [4.78, 5) is 44.4. The van der Waals surface area contributed by atoms with Gasteiger partial charge in [-0.3, -0.25) is 19.3 Å². The van der Waals surface area contributed by atoms with Crippen molar-refractivity contribution < 1.29 is 29.3 Å². The third-order valence-corrected chi connectivity index (χ3v) is 9.25. The molecule has 1 saturated heterocycles. The van der Waals surface area contributed by atoms with Gasteiger partial charge in [0.25, 0.3) is 11.8 Å². The molecule has 0 aliphatic carbocycles. The fourth-order valence-electron chi connectivity index (χ4n) is 6.38.